The lowest BCUT2D eigenvalue weighted by Crippen LogP contribution is -2.56. The molecule has 0 heterocycles. The van der Waals surface area contributed by atoms with Gasteiger partial charge in [0.05, 0.1) is 5.54 Å². The van der Waals surface area contributed by atoms with Crippen LogP contribution in [-0.2, 0) is 4.79 Å². The molecule has 3 atom stereocenters. The van der Waals surface area contributed by atoms with E-state index in [9.17, 15) is 4.79 Å². The zero-order chi connectivity index (χ0) is 12.5. The predicted octanol–water partition coefficient (Wildman–Crippen LogP) is 2.20. The minimum atomic E-state index is -0.567. The Morgan fingerprint density at radius 3 is 2.47 bits per heavy atom. The van der Waals surface area contributed by atoms with E-state index in [4.69, 9.17) is 5.73 Å². The van der Waals surface area contributed by atoms with Gasteiger partial charge in [0, 0.05) is 6.04 Å². The van der Waals surface area contributed by atoms with E-state index >= 15 is 0 Å². The number of nitrogens with one attached hydrogen (secondary N) is 1. The molecule has 17 heavy (non-hydrogen) atoms. The second-order valence-corrected chi connectivity index (χ2v) is 6.34. The maximum absolute atomic E-state index is 12.2. The van der Waals surface area contributed by atoms with E-state index in [1.165, 1.54) is 12.8 Å². The van der Waals surface area contributed by atoms with Gasteiger partial charge >= 0.3 is 0 Å². The molecule has 3 heteroatoms. The fourth-order valence-electron chi connectivity index (χ4n) is 3.42. The normalized spacial score (nSPS) is 36.8. The average molecular weight is 238 g/mol. The topological polar surface area (TPSA) is 55.1 Å². The highest BCUT2D eigenvalue weighted by atomic mass is 16.2. The molecule has 2 saturated carbocycles. The SMILES string of the molecule is CC1CCC(NC(=O)C2(N)CCCC2)C(C)C1. The summed E-state index contributed by atoms with van der Waals surface area (Å²) in [5.74, 6) is 1.49. The second kappa shape index (κ2) is 4.97. The van der Waals surface area contributed by atoms with E-state index in [2.05, 4.69) is 19.2 Å². The molecule has 1 amide bonds. The molecule has 3 unspecified atom stereocenters. The summed E-state index contributed by atoms with van der Waals surface area (Å²) < 4.78 is 0. The van der Waals surface area contributed by atoms with E-state index < -0.39 is 5.54 Å². The summed E-state index contributed by atoms with van der Waals surface area (Å²) in [6, 6.07) is 0.347. The standard InChI is InChI=1S/C14H26N2O/c1-10-5-6-12(11(2)9-10)16-13(17)14(15)7-3-4-8-14/h10-12H,3-9,15H2,1-2H3,(H,16,17). The van der Waals surface area contributed by atoms with Crippen molar-refractivity contribution in [2.75, 3.05) is 0 Å². The lowest BCUT2D eigenvalue weighted by atomic mass is 9.79. The van der Waals surface area contributed by atoms with Crippen molar-refractivity contribution in [2.45, 2.75) is 70.4 Å². The van der Waals surface area contributed by atoms with Gasteiger partial charge in [0.2, 0.25) is 5.91 Å². The van der Waals surface area contributed by atoms with Gasteiger partial charge in [-0.25, -0.2) is 0 Å². The molecular weight excluding hydrogens is 212 g/mol. The van der Waals surface area contributed by atoms with Crippen LogP contribution >= 0.6 is 0 Å². The van der Waals surface area contributed by atoms with Crippen molar-refractivity contribution in [3.63, 3.8) is 0 Å². The zero-order valence-electron chi connectivity index (χ0n) is 11.2. The van der Waals surface area contributed by atoms with Gasteiger partial charge in [-0.05, 0) is 43.9 Å². The van der Waals surface area contributed by atoms with Crippen molar-refractivity contribution >= 4 is 5.91 Å². The molecule has 3 N–H and O–H groups in total. The Morgan fingerprint density at radius 1 is 1.24 bits per heavy atom. The largest absolute Gasteiger partial charge is 0.352 e. The van der Waals surface area contributed by atoms with E-state index in [0.717, 1.165) is 38.0 Å². The van der Waals surface area contributed by atoms with Gasteiger partial charge in [0.15, 0.2) is 0 Å². The number of carbonyl (C=O) groups is 1. The Balaban J connectivity index is 1.90. The molecule has 98 valence electrons. The maximum atomic E-state index is 12.2. The minimum absolute atomic E-state index is 0.0985. The number of hydrogen-bond acceptors (Lipinski definition) is 2. The lowest BCUT2D eigenvalue weighted by molar-refractivity contribution is -0.127. The zero-order valence-corrected chi connectivity index (χ0v) is 11.2. The summed E-state index contributed by atoms with van der Waals surface area (Å²) in [7, 11) is 0. The molecule has 3 nitrogen and oxygen atoms in total. The van der Waals surface area contributed by atoms with Crippen LogP contribution in [0, 0.1) is 11.8 Å². The maximum Gasteiger partial charge on any atom is 0.240 e. The van der Waals surface area contributed by atoms with Gasteiger partial charge in [-0.3, -0.25) is 4.79 Å². The highest BCUT2D eigenvalue weighted by molar-refractivity contribution is 5.86. The minimum Gasteiger partial charge on any atom is -0.352 e. The molecule has 0 bridgehead atoms. The monoisotopic (exact) mass is 238 g/mol. The Kier molecular flexibility index (Phi) is 3.76. The molecule has 2 rings (SSSR count). The molecule has 0 aromatic rings. The van der Waals surface area contributed by atoms with Gasteiger partial charge in [0.25, 0.3) is 0 Å². The van der Waals surface area contributed by atoms with Crippen molar-refractivity contribution < 1.29 is 4.79 Å². The van der Waals surface area contributed by atoms with E-state index in [1.807, 2.05) is 0 Å². The third-order valence-corrected chi connectivity index (χ3v) is 4.70. The number of rotatable bonds is 2. The van der Waals surface area contributed by atoms with Crippen LogP contribution in [0.25, 0.3) is 0 Å². The Bertz CT molecular complexity index is 284. The molecule has 0 aromatic carbocycles. The van der Waals surface area contributed by atoms with Gasteiger partial charge in [0.1, 0.15) is 0 Å². The first-order chi connectivity index (χ1) is 8.01. The van der Waals surface area contributed by atoms with E-state index in [0.29, 0.717) is 12.0 Å². The number of nitrogens with two attached hydrogens (primary N) is 1. The highest BCUT2D eigenvalue weighted by Crippen LogP contribution is 2.31. The molecule has 0 spiro atoms. The predicted molar refractivity (Wildman–Crippen MR) is 69.5 cm³/mol. The van der Waals surface area contributed by atoms with Crippen LogP contribution < -0.4 is 11.1 Å². The highest BCUT2D eigenvalue weighted by Gasteiger charge is 2.39. The fraction of sp³-hybridized carbons (Fsp3) is 0.929. The summed E-state index contributed by atoms with van der Waals surface area (Å²) in [5, 5.41) is 3.21. The van der Waals surface area contributed by atoms with Crippen molar-refractivity contribution in [2.24, 2.45) is 17.6 Å². The van der Waals surface area contributed by atoms with E-state index in [1.54, 1.807) is 0 Å². The third kappa shape index (κ3) is 2.82. The van der Waals surface area contributed by atoms with Gasteiger partial charge < -0.3 is 11.1 Å². The first-order valence-corrected chi connectivity index (χ1v) is 7.11. The molecule has 0 saturated heterocycles. The summed E-state index contributed by atoms with van der Waals surface area (Å²) in [6.07, 6.45) is 7.48. The molecule has 2 aliphatic carbocycles. The van der Waals surface area contributed by atoms with Crippen LogP contribution in [-0.4, -0.2) is 17.5 Å². The molecule has 2 aliphatic rings. The van der Waals surface area contributed by atoms with Crippen molar-refractivity contribution in [3.05, 3.63) is 0 Å². The summed E-state index contributed by atoms with van der Waals surface area (Å²) in [4.78, 5) is 12.2. The van der Waals surface area contributed by atoms with Crippen LogP contribution in [0.4, 0.5) is 0 Å². The smallest absolute Gasteiger partial charge is 0.240 e. The summed E-state index contributed by atoms with van der Waals surface area (Å²) in [5.41, 5.74) is 5.61. The van der Waals surface area contributed by atoms with Crippen LogP contribution in [0.2, 0.25) is 0 Å². The first kappa shape index (κ1) is 12.9. The molecule has 0 radical (unpaired) electrons. The third-order valence-electron chi connectivity index (χ3n) is 4.70. The Morgan fingerprint density at radius 2 is 1.88 bits per heavy atom. The molecule has 0 aromatic heterocycles. The number of amides is 1. The molecule has 0 aliphatic heterocycles. The van der Waals surface area contributed by atoms with Crippen molar-refractivity contribution in [1.29, 1.82) is 0 Å². The van der Waals surface area contributed by atoms with Crippen LogP contribution in [0.1, 0.15) is 58.8 Å². The average Bonchev–Trinajstić information content (AvgIpc) is 2.71. The molecular formula is C14H26N2O. The summed E-state index contributed by atoms with van der Waals surface area (Å²) >= 11 is 0. The lowest BCUT2D eigenvalue weighted by Gasteiger charge is -2.35. The molecule has 2 fully saturated rings. The van der Waals surface area contributed by atoms with Crippen LogP contribution in [0.3, 0.4) is 0 Å². The van der Waals surface area contributed by atoms with Crippen LogP contribution in [0.5, 0.6) is 0 Å². The Labute approximate surface area is 105 Å². The number of carbonyl (C=O) groups excluding carboxylic acids is 1. The van der Waals surface area contributed by atoms with Gasteiger partial charge in [-0.1, -0.05) is 26.7 Å². The Hall–Kier alpha value is -0.570. The van der Waals surface area contributed by atoms with Crippen LogP contribution in [0.15, 0.2) is 0 Å². The quantitative estimate of drug-likeness (QED) is 0.775. The number of hydrogen-bond donors (Lipinski definition) is 2. The van der Waals surface area contributed by atoms with E-state index in [-0.39, 0.29) is 5.91 Å². The van der Waals surface area contributed by atoms with Crippen molar-refractivity contribution in [1.82, 2.24) is 5.32 Å². The summed E-state index contributed by atoms with van der Waals surface area (Å²) in [6.45, 7) is 4.55. The van der Waals surface area contributed by atoms with Crippen molar-refractivity contribution in [3.8, 4) is 0 Å². The first-order valence-electron chi connectivity index (χ1n) is 7.11. The van der Waals surface area contributed by atoms with Gasteiger partial charge in [-0.15, -0.1) is 0 Å². The van der Waals surface area contributed by atoms with Gasteiger partial charge in [-0.2, -0.15) is 0 Å². The second-order valence-electron chi connectivity index (χ2n) is 6.34. The fourth-order valence-corrected chi connectivity index (χ4v) is 3.42.